The topological polar surface area (TPSA) is 63.6 Å². The molecule has 0 aromatic heterocycles. The van der Waals surface area contributed by atoms with Crippen LogP contribution in [-0.2, 0) is 26.1 Å². The quantitative estimate of drug-likeness (QED) is 0.433. The first-order valence-corrected chi connectivity index (χ1v) is 9.33. The molecule has 4 nitrogen and oxygen atoms in total. The molecule has 0 saturated heterocycles. The highest BCUT2D eigenvalue weighted by Gasteiger charge is 2.31. The van der Waals surface area contributed by atoms with Gasteiger partial charge in [-0.2, -0.15) is 0 Å². The van der Waals surface area contributed by atoms with E-state index in [0.717, 1.165) is 18.2 Å². The molecule has 0 bridgehead atoms. The first kappa shape index (κ1) is 26.3. The van der Waals surface area contributed by atoms with Crippen LogP contribution >= 0.6 is 73.9 Å². The highest BCUT2D eigenvalue weighted by atomic mass is 79.9. The maximum atomic E-state index is 10.2. The van der Waals surface area contributed by atoms with Gasteiger partial charge in [-0.05, 0) is 18.1 Å². The highest BCUT2D eigenvalue weighted by molar-refractivity contribution is 9.10. The summed E-state index contributed by atoms with van der Waals surface area (Å²) in [6.45, 7) is 1.56. The van der Waals surface area contributed by atoms with Gasteiger partial charge in [0.15, 0.2) is 0 Å². The summed E-state index contributed by atoms with van der Waals surface area (Å²) in [5.41, 5.74) is 2.27. The van der Waals surface area contributed by atoms with E-state index in [9.17, 15) is 9.59 Å². The first-order valence-electron chi connectivity index (χ1n) is 6.21. The van der Waals surface area contributed by atoms with E-state index in [2.05, 4.69) is 20.7 Å². The third-order valence-corrected chi connectivity index (χ3v) is 3.56. The van der Waals surface area contributed by atoms with Crippen LogP contribution in [0.2, 0.25) is 0 Å². The van der Waals surface area contributed by atoms with Gasteiger partial charge in [0, 0.05) is 11.8 Å². The Bertz CT molecular complexity index is 466. The zero-order valence-corrected chi connectivity index (χ0v) is 18.1. The Hall–Kier alpha value is 0.0900. The predicted octanol–water partition coefficient (Wildman–Crippen LogP) is 5.55. The molecule has 0 amide bonds. The van der Waals surface area contributed by atoms with E-state index in [1.165, 1.54) is 0 Å². The molecule has 0 fully saturated rings. The number of esters is 1. The van der Waals surface area contributed by atoms with E-state index in [4.69, 9.17) is 63.1 Å². The second kappa shape index (κ2) is 14.3. The number of hydrogen-bond donors (Lipinski definition) is 1. The van der Waals surface area contributed by atoms with E-state index >= 15 is 0 Å². The van der Waals surface area contributed by atoms with Crippen molar-refractivity contribution < 1.29 is 19.4 Å². The second-order valence-corrected chi connectivity index (χ2v) is 8.22. The molecule has 0 radical (unpaired) electrons. The first-order chi connectivity index (χ1) is 11.0. The Morgan fingerprint density at radius 3 is 1.50 bits per heavy atom. The Kier molecular flexibility index (Phi) is 15.7. The fraction of sp³-hybridized carbons (Fsp3) is 0.429. The maximum absolute atomic E-state index is 10.2. The number of halogens is 6. The molecular formula is C14H16BrCl5O4. The highest BCUT2D eigenvalue weighted by Crippen LogP contribution is 2.26. The maximum Gasteiger partial charge on any atom is 0.358 e. The molecule has 1 N–H and O–H groups in total. The van der Waals surface area contributed by atoms with Crippen LogP contribution in [0.1, 0.15) is 18.1 Å². The van der Waals surface area contributed by atoms with Crippen LogP contribution < -0.4 is 0 Å². The number of carbonyl (C=O) groups excluding carboxylic acids is 1. The van der Waals surface area contributed by atoms with Crippen molar-refractivity contribution in [2.24, 2.45) is 0 Å². The van der Waals surface area contributed by atoms with Gasteiger partial charge in [0.25, 0.3) is 3.79 Å². The number of alkyl halides is 6. The number of carbonyl (C=O) groups is 2. The third-order valence-electron chi connectivity index (χ3n) is 2.09. The molecule has 0 aliphatic heterocycles. The average Bonchev–Trinajstić information content (AvgIpc) is 2.54. The number of benzene rings is 1. The van der Waals surface area contributed by atoms with Crippen molar-refractivity contribution in [2.75, 3.05) is 7.11 Å². The second-order valence-electron chi connectivity index (χ2n) is 4.03. The van der Waals surface area contributed by atoms with E-state index in [0.29, 0.717) is 11.8 Å². The van der Waals surface area contributed by atoms with E-state index in [1.54, 1.807) is 6.92 Å². The molecule has 1 rings (SSSR count). The van der Waals surface area contributed by atoms with Crippen molar-refractivity contribution in [1.82, 2.24) is 0 Å². The predicted molar refractivity (Wildman–Crippen MR) is 104 cm³/mol. The number of rotatable bonds is 3. The summed E-state index contributed by atoms with van der Waals surface area (Å²) in [4.78, 5) is 19.4. The number of methoxy groups -OCH3 is 1. The van der Waals surface area contributed by atoms with Crippen molar-refractivity contribution in [1.29, 1.82) is 0 Å². The number of hydrogen-bond acceptors (Lipinski definition) is 3. The standard InChI is InChI=1S/C8H8Cl2.C3H5BrO2.C3H3Cl3O2/c9-5-7-1-2-8(6-10)4-3-7;1-2(4)3(5)6;1-8-2(7)3(4,5)6/h1-4H,5-6H2;2H,1H3,(H,5,6);1H3. The molecular weight excluding hydrogens is 489 g/mol. The smallest absolute Gasteiger partial charge is 0.358 e. The van der Waals surface area contributed by atoms with Crippen LogP contribution in [0.25, 0.3) is 0 Å². The summed E-state index contributed by atoms with van der Waals surface area (Å²) in [5, 5.41) is 7.94. The van der Waals surface area contributed by atoms with Crippen LogP contribution in [0.3, 0.4) is 0 Å². The van der Waals surface area contributed by atoms with Crippen molar-refractivity contribution >= 4 is 85.9 Å². The minimum Gasteiger partial charge on any atom is -0.480 e. The Labute approximate surface area is 174 Å². The summed E-state index contributed by atoms with van der Waals surface area (Å²) in [6.07, 6.45) is 0. The van der Waals surface area contributed by atoms with Crippen molar-refractivity contribution in [2.45, 2.75) is 27.3 Å². The van der Waals surface area contributed by atoms with Crippen LogP contribution in [0.5, 0.6) is 0 Å². The fourth-order valence-electron chi connectivity index (χ4n) is 0.833. The Balaban J connectivity index is 0. The minimum absolute atomic E-state index is 0.419. The van der Waals surface area contributed by atoms with Crippen LogP contribution in [0.4, 0.5) is 0 Å². The van der Waals surface area contributed by atoms with Gasteiger partial charge in [-0.15, -0.1) is 23.2 Å². The van der Waals surface area contributed by atoms with E-state index in [-0.39, 0.29) is 0 Å². The molecule has 1 atom stereocenters. The molecule has 0 aliphatic carbocycles. The van der Waals surface area contributed by atoms with Gasteiger partial charge in [-0.25, -0.2) is 4.79 Å². The van der Waals surface area contributed by atoms with Gasteiger partial charge in [0.2, 0.25) is 0 Å². The monoisotopic (exact) mass is 502 g/mol. The lowest BCUT2D eigenvalue weighted by Crippen LogP contribution is -2.19. The Morgan fingerprint density at radius 1 is 1.12 bits per heavy atom. The lowest BCUT2D eigenvalue weighted by molar-refractivity contribution is -0.139. The minimum atomic E-state index is -1.94. The summed E-state index contributed by atoms with van der Waals surface area (Å²) >= 11 is 29.1. The number of aliphatic carboxylic acids is 1. The van der Waals surface area contributed by atoms with Gasteiger partial charge in [0.05, 0.1) is 7.11 Å². The number of carboxylic acid groups (broad SMARTS) is 1. The molecule has 0 saturated carbocycles. The summed E-state index contributed by atoms with van der Waals surface area (Å²) < 4.78 is 2.14. The van der Waals surface area contributed by atoms with E-state index < -0.39 is 20.6 Å². The molecule has 1 aromatic rings. The van der Waals surface area contributed by atoms with Crippen molar-refractivity contribution in [3.05, 3.63) is 35.4 Å². The van der Waals surface area contributed by atoms with E-state index in [1.807, 2.05) is 24.3 Å². The Morgan fingerprint density at radius 2 is 1.42 bits per heavy atom. The number of ether oxygens (including phenoxy) is 1. The largest absolute Gasteiger partial charge is 0.480 e. The third kappa shape index (κ3) is 14.4. The van der Waals surface area contributed by atoms with Crippen molar-refractivity contribution in [3.8, 4) is 0 Å². The van der Waals surface area contributed by atoms with Gasteiger partial charge < -0.3 is 9.84 Å². The number of carboxylic acids is 1. The molecule has 24 heavy (non-hydrogen) atoms. The zero-order valence-electron chi connectivity index (χ0n) is 12.7. The molecule has 1 aromatic carbocycles. The lowest BCUT2D eigenvalue weighted by atomic mass is 10.2. The van der Waals surface area contributed by atoms with Crippen LogP contribution in [0.15, 0.2) is 24.3 Å². The molecule has 1 unspecified atom stereocenters. The van der Waals surface area contributed by atoms with Gasteiger partial charge in [0.1, 0.15) is 4.83 Å². The van der Waals surface area contributed by atoms with Gasteiger partial charge >= 0.3 is 11.9 Å². The molecule has 0 spiro atoms. The normalized spacial score (nSPS) is 11.2. The molecule has 0 aliphatic rings. The summed E-state index contributed by atoms with van der Waals surface area (Å²) in [7, 11) is 1.14. The molecule has 10 heteroatoms. The summed E-state index contributed by atoms with van der Waals surface area (Å²) in [6, 6.07) is 7.96. The fourth-order valence-corrected chi connectivity index (χ4v) is 1.42. The molecule has 138 valence electrons. The molecule has 0 heterocycles. The van der Waals surface area contributed by atoms with Crippen LogP contribution in [0, 0.1) is 0 Å². The zero-order chi connectivity index (χ0) is 19.3. The van der Waals surface area contributed by atoms with Crippen molar-refractivity contribution in [3.63, 3.8) is 0 Å². The van der Waals surface area contributed by atoms with Gasteiger partial charge in [-0.3, -0.25) is 4.79 Å². The average molecular weight is 505 g/mol. The summed E-state index contributed by atoms with van der Waals surface area (Å²) in [5.74, 6) is -0.553. The van der Waals surface area contributed by atoms with Crippen LogP contribution in [-0.4, -0.2) is 32.8 Å². The lowest BCUT2D eigenvalue weighted by Gasteiger charge is -2.05. The SMILES string of the molecule is CC(Br)C(=O)O.COC(=O)C(Cl)(Cl)Cl.ClCc1ccc(CCl)cc1. The van der Waals surface area contributed by atoms with Gasteiger partial charge in [-0.1, -0.05) is 75.0 Å².